The Hall–Kier alpha value is -1.75. The van der Waals surface area contributed by atoms with Gasteiger partial charge in [-0.15, -0.1) is 5.10 Å². The smallest absolute Gasteiger partial charge is 0.160 e. The van der Waals surface area contributed by atoms with Gasteiger partial charge in [-0.05, 0) is 54.7 Å². The molecule has 1 N–H and O–H groups in total. The zero-order valence-electron chi connectivity index (χ0n) is 9.80. The Morgan fingerprint density at radius 2 is 2.06 bits per heavy atom. The van der Waals surface area contributed by atoms with E-state index in [9.17, 15) is 4.21 Å². The first-order valence-electron chi connectivity index (χ1n) is 5.91. The van der Waals surface area contributed by atoms with E-state index in [1.54, 1.807) is 18.3 Å². The summed E-state index contributed by atoms with van der Waals surface area (Å²) in [7, 11) is -1.28. The highest BCUT2D eigenvalue weighted by atomic mass is 32.2. The van der Waals surface area contributed by atoms with Crippen molar-refractivity contribution in [3.8, 4) is 0 Å². The van der Waals surface area contributed by atoms with Gasteiger partial charge < -0.3 is 0 Å². The number of benzene rings is 1. The molecular weight excluding hydrogens is 246 g/mol. The molecule has 1 aliphatic rings. The van der Waals surface area contributed by atoms with Gasteiger partial charge in [0.15, 0.2) is 16.8 Å². The zero-order chi connectivity index (χ0) is 12.4. The monoisotopic (exact) mass is 259 g/mol. The number of aryl methyl sites for hydroxylation is 2. The molecule has 0 saturated carbocycles. The van der Waals surface area contributed by atoms with Crippen molar-refractivity contribution in [2.45, 2.75) is 24.2 Å². The maximum absolute atomic E-state index is 12.1. The molecule has 5 heteroatoms. The summed E-state index contributed by atoms with van der Waals surface area (Å²) in [5, 5.41) is 7.60. The summed E-state index contributed by atoms with van der Waals surface area (Å²) in [4.78, 5) is 0.793. The highest BCUT2D eigenvalue weighted by molar-refractivity contribution is 7.86. The average Bonchev–Trinajstić information content (AvgIpc) is 2.87. The number of nitrogens with zero attached hydrogens (tertiary/aromatic N) is 2. The van der Waals surface area contributed by atoms with Crippen molar-refractivity contribution in [3.63, 3.8) is 0 Å². The molecule has 1 atom stereocenters. The summed E-state index contributed by atoms with van der Waals surface area (Å²) in [5.74, 6) is 0.524. The summed E-state index contributed by atoms with van der Waals surface area (Å²) >= 11 is 0. The molecule has 2 aromatic rings. The highest BCUT2D eigenvalue weighted by Gasteiger charge is 2.13. The van der Waals surface area contributed by atoms with Crippen LogP contribution in [0.15, 0.2) is 41.4 Å². The number of hydrogen-bond acceptors (Lipinski definition) is 3. The van der Waals surface area contributed by atoms with E-state index in [0.29, 0.717) is 5.82 Å². The van der Waals surface area contributed by atoms with Crippen LogP contribution < -0.4 is 4.72 Å². The van der Waals surface area contributed by atoms with Crippen molar-refractivity contribution in [1.82, 2.24) is 10.2 Å². The molecule has 0 fully saturated rings. The quantitative estimate of drug-likeness (QED) is 0.918. The van der Waals surface area contributed by atoms with Gasteiger partial charge in [0, 0.05) is 6.20 Å². The highest BCUT2D eigenvalue weighted by Crippen LogP contribution is 2.24. The first-order valence-corrected chi connectivity index (χ1v) is 7.06. The summed E-state index contributed by atoms with van der Waals surface area (Å²) in [6.45, 7) is 0. The third-order valence-corrected chi connectivity index (χ3v) is 4.13. The van der Waals surface area contributed by atoms with Crippen molar-refractivity contribution < 1.29 is 4.21 Å². The number of anilines is 1. The van der Waals surface area contributed by atoms with Gasteiger partial charge >= 0.3 is 0 Å². The predicted octanol–water partition coefficient (Wildman–Crippen LogP) is 2.10. The molecule has 1 aromatic carbocycles. The molecule has 18 heavy (non-hydrogen) atoms. The molecule has 92 valence electrons. The third-order valence-electron chi connectivity index (χ3n) is 3.05. The number of nitrogens with one attached hydrogen (secondary N) is 1. The zero-order valence-corrected chi connectivity index (χ0v) is 10.6. The fourth-order valence-corrected chi connectivity index (χ4v) is 3.03. The van der Waals surface area contributed by atoms with Crippen LogP contribution in [0.4, 0.5) is 5.82 Å². The number of rotatable bonds is 3. The second kappa shape index (κ2) is 4.86. The molecule has 4 nitrogen and oxygen atoms in total. The summed E-state index contributed by atoms with van der Waals surface area (Å²) < 4.78 is 15.0. The Kier molecular flexibility index (Phi) is 3.06. The van der Waals surface area contributed by atoms with Crippen molar-refractivity contribution in [2.75, 3.05) is 4.72 Å². The summed E-state index contributed by atoms with van der Waals surface area (Å²) in [6, 6.07) is 9.53. The van der Waals surface area contributed by atoms with Crippen LogP contribution in [0.25, 0.3) is 0 Å². The van der Waals surface area contributed by atoms with Crippen molar-refractivity contribution in [1.29, 1.82) is 0 Å². The number of aromatic nitrogens is 2. The lowest BCUT2D eigenvalue weighted by Crippen LogP contribution is -2.07. The fraction of sp³-hybridized carbons (Fsp3) is 0.231. The first kappa shape index (κ1) is 11.3. The Morgan fingerprint density at radius 1 is 1.17 bits per heavy atom. The van der Waals surface area contributed by atoms with Gasteiger partial charge in [0.2, 0.25) is 0 Å². The molecule has 3 rings (SSSR count). The second-order valence-electron chi connectivity index (χ2n) is 4.26. The molecule has 0 radical (unpaired) electrons. The van der Waals surface area contributed by atoms with E-state index < -0.39 is 11.0 Å². The maximum atomic E-state index is 12.1. The summed E-state index contributed by atoms with van der Waals surface area (Å²) in [6.07, 6.45) is 5.01. The fourth-order valence-electron chi connectivity index (χ4n) is 2.17. The SMILES string of the molecule is O=S(Nc1cccnn1)c1ccc2c(c1)CCC2. The van der Waals surface area contributed by atoms with Crippen LogP contribution in [-0.4, -0.2) is 14.4 Å². The van der Waals surface area contributed by atoms with E-state index in [4.69, 9.17) is 0 Å². The van der Waals surface area contributed by atoms with Gasteiger partial charge in [-0.1, -0.05) is 6.07 Å². The van der Waals surface area contributed by atoms with Crippen molar-refractivity contribution in [3.05, 3.63) is 47.7 Å². The van der Waals surface area contributed by atoms with Gasteiger partial charge in [0.25, 0.3) is 0 Å². The Balaban J connectivity index is 1.81. The standard InChI is InChI=1S/C13H13N3OS/c17-18(16-13-5-2-8-14-15-13)12-7-6-10-3-1-4-11(10)9-12/h2,5-9H,1,3-4H2,(H,15,16). The molecule has 0 amide bonds. The second-order valence-corrected chi connectivity index (χ2v) is 5.48. The Bertz CT molecular complexity index is 586. The van der Waals surface area contributed by atoms with Crippen LogP contribution in [0.2, 0.25) is 0 Å². The van der Waals surface area contributed by atoms with Gasteiger partial charge in [-0.25, -0.2) is 4.21 Å². The molecule has 1 heterocycles. The van der Waals surface area contributed by atoms with Crippen LogP contribution in [0.1, 0.15) is 17.5 Å². The molecule has 1 unspecified atom stereocenters. The predicted molar refractivity (Wildman–Crippen MR) is 70.5 cm³/mol. The van der Waals surface area contributed by atoms with Gasteiger partial charge in [0.1, 0.15) is 0 Å². The minimum atomic E-state index is -1.28. The van der Waals surface area contributed by atoms with Crippen LogP contribution in [0.3, 0.4) is 0 Å². The van der Waals surface area contributed by atoms with Crippen LogP contribution in [0, 0.1) is 0 Å². The Labute approximate surface area is 108 Å². The van der Waals surface area contributed by atoms with E-state index in [2.05, 4.69) is 21.0 Å². The summed E-state index contributed by atoms with van der Waals surface area (Å²) in [5.41, 5.74) is 2.71. The minimum absolute atomic E-state index is 0.524. The van der Waals surface area contributed by atoms with Gasteiger partial charge in [-0.3, -0.25) is 4.72 Å². The lowest BCUT2D eigenvalue weighted by molar-refractivity contribution is 0.686. The normalized spacial score (nSPS) is 15.1. The van der Waals surface area contributed by atoms with E-state index >= 15 is 0 Å². The number of fused-ring (bicyclic) bond motifs is 1. The largest absolute Gasteiger partial charge is 0.284 e. The Morgan fingerprint density at radius 3 is 2.89 bits per heavy atom. The van der Waals surface area contributed by atoms with Gasteiger partial charge in [-0.2, -0.15) is 5.10 Å². The van der Waals surface area contributed by atoms with Gasteiger partial charge in [0.05, 0.1) is 4.90 Å². The lowest BCUT2D eigenvalue weighted by atomic mass is 10.1. The molecule has 0 bridgehead atoms. The van der Waals surface area contributed by atoms with Crippen molar-refractivity contribution in [2.24, 2.45) is 0 Å². The minimum Gasteiger partial charge on any atom is -0.284 e. The third kappa shape index (κ3) is 2.26. The van der Waals surface area contributed by atoms with E-state index in [1.807, 2.05) is 12.1 Å². The van der Waals surface area contributed by atoms with Crippen molar-refractivity contribution >= 4 is 16.8 Å². The van der Waals surface area contributed by atoms with E-state index in [-0.39, 0.29) is 0 Å². The molecule has 0 aliphatic heterocycles. The molecule has 1 aromatic heterocycles. The number of hydrogen-bond donors (Lipinski definition) is 1. The molecular formula is C13H13N3OS. The molecule has 0 saturated heterocycles. The molecule has 1 aliphatic carbocycles. The average molecular weight is 259 g/mol. The van der Waals surface area contributed by atoms with Crippen LogP contribution >= 0.6 is 0 Å². The van der Waals surface area contributed by atoms with Crippen LogP contribution in [0.5, 0.6) is 0 Å². The molecule has 0 spiro atoms. The topological polar surface area (TPSA) is 54.9 Å². The van der Waals surface area contributed by atoms with E-state index in [0.717, 1.165) is 17.7 Å². The van der Waals surface area contributed by atoms with Crippen LogP contribution in [-0.2, 0) is 23.8 Å². The maximum Gasteiger partial charge on any atom is 0.160 e. The lowest BCUT2D eigenvalue weighted by Gasteiger charge is -2.06. The first-order chi connectivity index (χ1) is 8.83. The van der Waals surface area contributed by atoms with E-state index in [1.165, 1.54) is 17.5 Å².